The zero-order valence-corrected chi connectivity index (χ0v) is 14.0. The van der Waals surface area contributed by atoms with Crippen LogP contribution in [-0.2, 0) is 0 Å². The molecule has 0 aliphatic carbocycles. The Labute approximate surface area is 133 Å². The third-order valence-corrected chi connectivity index (χ3v) is 3.54. The van der Waals surface area contributed by atoms with Crippen LogP contribution in [0, 0.1) is 11.2 Å². The third-order valence-electron chi connectivity index (χ3n) is 3.54. The maximum atomic E-state index is 14.1. The molecule has 2 rings (SSSR count). The fraction of sp³-hybridized carbons (Fsp3) is 0.600. The van der Waals surface area contributed by atoms with Gasteiger partial charge in [0.15, 0.2) is 0 Å². The molecule has 20 heavy (non-hydrogen) atoms. The van der Waals surface area contributed by atoms with Crippen molar-refractivity contribution in [3.63, 3.8) is 0 Å². The van der Waals surface area contributed by atoms with E-state index in [1.54, 1.807) is 12.1 Å². The lowest BCUT2D eigenvalue weighted by Gasteiger charge is -2.42. The SMILES string of the molecule is CC(C)(C)[C@@H](c1ccccc1F)N1CCNCC1.Cl.Cl. The van der Waals surface area contributed by atoms with Gasteiger partial charge in [-0.25, -0.2) is 4.39 Å². The van der Waals surface area contributed by atoms with Crippen LogP contribution in [0.2, 0.25) is 0 Å². The van der Waals surface area contributed by atoms with Crippen LogP contribution in [0.25, 0.3) is 0 Å². The number of hydrogen-bond donors (Lipinski definition) is 1. The first kappa shape index (κ1) is 19.7. The van der Waals surface area contributed by atoms with E-state index in [4.69, 9.17) is 0 Å². The second kappa shape index (κ2) is 8.18. The molecule has 1 heterocycles. The predicted octanol–water partition coefficient (Wildman–Crippen LogP) is 3.66. The predicted molar refractivity (Wildman–Crippen MR) is 87.5 cm³/mol. The number of benzene rings is 1. The van der Waals surface area contributed by atoms with Crippen LogP contribution in [-0.4, -0.2) is 31.1 Å². The summed E-state index contributed by atoms with van der Waals surface area (Å²) in [6, 6.07) is 7.32. The molecule has 1 aliphatic rings. The van der Waals surface area contributed by atoms with Crippen LogP contribution in [0.1, 0.15) is 32.4 Å². The lowest BCUT2D eigenvalue weighted by atomic mass is 9.80. The van der Waals surface area contributed by atoms with Gasteiger partial charge in [0.05, 0.1) is 0 Å². The van der Waals surface area contributed by atoms with E-state index in [1.165, 1.54) is 0 Å². The highest BCUT2D eigenvalue weighted by atomic mass is 35.5. The summed E-state index contributed by atoms with van der Waals surface area (Å²) in [5.74, 6) is -0.0871. The molecular weight excluding hydrogens is 298 g/mol. The molecule has 1 aromatic carbocycles. The molecule has 1 saturated heterocycles. The normalized spacial score (nSPS) is 17.8. The highest BCUT2D eigenvalue weighted by Gasteiger charge is 2.33. The van der Waals surface area contributed by atoms with Gasteiger partial charge in [0, 0.05) is 37.8 Å². The first-order chi connectivity index (χ1) is 8.50. The van der Waals surface area contributed by atoms with Crippen molar-refractivity contribution in [2.24, 2.45) is 5.41 Å². The van der Waals surface area contributed by atoms with Crippen molar-refractivity contribution in [3.8, 4) is 0 Å². The molecule has 0 spiro atoms. The van der Waals surface area contributed by atoms with E-state index in [1.807, 2.05) is 12.1 Å². The summed E-state index contributed by atoms with van der Waals surface area (Å²) in [5.41, 5.74) is 0.853. The Morgan fingerprint density at radius 2 is 1.65 bits per heavy atom. The number of rotatable bonds is 2. The minimum atomic E-state index is -0.0871. The Kier molecular flexibility index (Phi) is 8.04. The summed E-state index contributed by atoms with van der Waals surface area (Å²) in [4.78, 5) is 2.40. The first-order valence-electron chi connectivity index (χ1n) is 6.69. The molecule has 1 aromatic rings. The molecule has 0 amide bonds. The van der Waals surface area contributed by atoms with Crippen LogP contribution < -0.4 is 5.32 Å². The Bertz CT molecular complexity index is 401. The zero-order valence-electron chi connectivity index (χ0n) is 12.4. The summed E-state index contributed by atoms with van der Waals surface area (Å²) in [5, 5.41) is 3.35. The van der Waals surface area contributed by atoms with E-state index in [2.05, 4.69) is 31.0 Å². The average Bonchev–Trinajstić information content (AvgIpc) is 2.32. The third kappa shape index (κ3) is 4.59. The molecule has 0 saturated carbocycles. The summed E-state index contributed by atoms with van der Waals surface area (Å²) in [6.07, 6.45) is 0. The summed E-state index contributed by atoms with van der Waals surface area (Å²) < 4.78 is 14.1. The number of nitrogens with one attached hydrogen (secondary N) is 1. The molecule has 1 fully saturated rings. The van der Waals surface area contributed by atoms with Gasteiger partial charge in [-0.3, -0.25) is 4.90 Å². The first-order valence-corrected chi connectivity index (χ1v) is 6.69. The van der Waals surface area contributed by atoms with Crippen molar-refractivity contribution < 1.29 is 4.39 Å². The van der Waals surface area contributed by atoms with Gasteiger partial charge in [0.1, 0.15) is 5.82 Å². The van der Waals surface area contributed by atoms with Crippen molar-refractivity contribution in [1.82, 2.24) is 10.2 Å². The Morgan fingerprint density at radius 3 is 2.15 bits per heavy atom. The largest absolute Gasteiger partial charge is 0.314 e. The summed E-state index contributed by atoms with van der Waals surface area (Å²) in [6.45, 7) is 10.5. The van der Waals surface area contributed by atoms with Gasteiger partial charge in [0.2, 0.25) is 0 Å². The molecule has 5 heteroatoms. The Morgan fingerprint density at radius 1 is 1.10 bits per heavy atom. The smallest absolute Gasteiger partial charge is 0.128 e. The van der Waals surface area contributed by atoms with Crippen molar-refractivity contribution >= 4 is 24.8 Å². The minimum absolute atomic E-state index is 0. The van der Waals surface area contributed by atoms with Gasteiger partial charge in [-0.15, -0.1) is 24.8 Å². The fourth-order valence-corrected chi connectivity index (χ4v) is 2.85. The van der Waals surface area contributed by atoms with Crippen LogP contribution >= 0.6 is 24.8 Å². The molecule has 1 N–H and O–H groups in total. The fourth-order valence-electron chi connectivity index (χ4n) is 2.85. The molecule has 0 unspecified atom stereocenters. The van der Waals surface area contributed by atoms with Gasteiger partial charge in [-0.05, 0) is 11.5 Å². The number of piperazine rings is 1. The van der Waals surface area contributed by atoms with E-state index in [0.717, 1.165) is 31.7 Å². The molecule has 2 nitrogen and oxygen atoms in total. The number of nitrogens with zero attached hydrogens (tertiary/aromatic N) is 1. The van der Waals surface area contributed by atoms with Crippen LogP contribution in [0.5, 0.6) is 0 Å². The highest BCUT2D eigenvalue weighted by molar-refractivity contribution is 5.85. The van der Waals surface area contributed by atoms with E-state index < -0.39 is 0 Å². The van der Waals surface area contributed by atoms with Crippen LogP contribution in [0.3, 0.4) is 0 Å². The Hall–Kier alpha value is -0.350. The maximum absolute atomic E-state index is 14.1. The average molecular weight is 323 g/mol. The molecule has 0 radical (unpaired) electrons. The van der Waals surface area contributed by atoms with Crippen LogP contribution in [0.15, 0.2) is 24.3 Å². The molecule has 0 aromatic heterocycles. The second-order valence-corrected chi connectivity index (χ2v) is 6.08. The van der Waals surface area contributed by atoms with E-state index in [9.17, 15) is 4.39 Å². The Balaban J connectivity index is 0.00000180. The van der Waals surface area contributed by atoms with Gasteiger partial charge in [0.25, 0.3) is 0 Å². The van der Waals surface area contributed by atoms with E-state index >= 15 is 0 Å². The van der Waals surface area contributed by atoms with Gasteiger partial charge >= 0.3 is 0 Å². The molecule has 1 aliphatic heterocycles. The molecule has 1 atom stereocenters. The second-order valence-electron chi connectivity index (χ2n) is 6.08. The van der Waals surface area contributed by atoms with Crippen LogP contribution in [0.4, 0.5) is 4.39 Å². The molecule has 116 valence electrons. The lowest BCUT2D eigenvalue weighted by molar-refractivity contribution is 0.0834. The van der Waals surface area contributed by atoms with Crippen molar-refractivity contribution in [2.45, 2.75) is 26.8 Å². The number of hydrogen-bond acceptors (Lipinski definition) is 2. The molecule has 0 bridgehead atoms. The minimum Gasteiger partial charge on any atom is -0.314 e. The standard InChI is InChI=1S/C15H23FN2.2ClH/c1-15(2,3)14(18-10-8-17-9-11-18)12-6-4-5-7-13(12)16;;/h4-7,14,17H,8-11H2,1-3H3;2*1H/t14-;;/m1../s1. The van der Waals surface area contributed by atoms with Gasteiger partial charge in [-0.2, -0.15) is 0 Å². The summed E-state index contributed by atoms with van der Waals surface area (Å²) >= 11 is 0. The molecular formula is C15H25Cl2FN2. The highest BCUT2D eigenvalue weighted by Crippen LogP contribution is 2.38. The van der Waals surface area contributed by atoms with Crippen molar-refractivity contribution in [1.29, 1.82) is 0 Å². The van der Waals surface area contributed by atoms with E-state index in [-0.39, 0.29) is 42.1 Å². The van der Waals surface area contributed by atoms with Crippen molar-refractivity contribution in [2.75, 3.05) is 26.2 Å². The van der Waals surface area contributed by atoms with Gasteiger partial charge < -0.3 is 5.32 Å². The topological polar surface area (TPSA) is 15.3 Å². The van der Waals surface area contributed by atoms with E-state index in [0.29, 0.717) is 0 Å². The lowest BCUT2D eigenvalue weighted by Crippen LogP contribution is -2.48. The van der Waals surface area contributed by atoms with Crippen molar-refractivity contribution in [3.05, 3.63) is 35.6 Å². The zero-order chi connectivity index (χ0) is 13.2. The number of halogens is 3. The summed E-state index contributed by atoms with van der Waals surface area (Å²) in [7, 11) is 0. The van der Waals surface area contributed by atoms with Gasteiger partial charge in [-0.1, -0.05) is 39.0 Å². The maximum Gasteiger partial charge on any atom is 0.128 e. The monoisotopic (exact) mass is 322 g/mol. The quantitative estimate of drug-likeness (QED) is 0.893.